The molecule has 0 bridgehead atoms. The van der Waals surface area contributed by atoms with Gasteiger partial charge in [-0.2, -0.15) is 5.10 Å². The highest BCUT2D eigenvalue weighted by atomic mass is 79.9. The number of aromatic nitrogens is 2. The summed E-state index contributed by atoms with van der Waals surface area (Å²) >= 11 is 3.41. The van der Waals surface area contributed by atoms with E-state index in [-0.39, 0.29) is 13.0 Å². The van der Waals surface area contributed by atoms with Crippen molar-refractivity contribution in [3.8, 4) is 0 Å². The zero-order chi connectivity index (χ0) is 14.2. The van der Waals surface area contributed by atoms with Crippen molar-refractivity contribution in [2.24, 2.45) is 0 Å². The van der Waals surface area contributed by atoms with Crippen molar-refractivity contribution in [2.75, 3.05) is 34.2 Å². The lowest BCUT2D eigenvalue weighted by atomic mass is 10.2. The Hall–Kier alpha value is -0.530. The van der Waals surface area contributed by atoms with E-state index in [4.69, 9.17) is 0 Å². The third kappa shape index (κ3) is 3.52. The second-order valence-electron chi connectivity index (χ2n) is 5.44. The van der Waals surface area contributed by atoms with Crippen LogP contribution in [0, 0.1) is 0 Å². The summed E-state index contributed by atoms with van der Waals surface area (Å²) in [5.74, 6) is -2.65. The number of rotatable bonds is 5. The molecular weight excluding hydrogens is 318 g/mol. The topological polar surface area (TPSA) is 24.3 Å². The smallest absolute Gasteiger partial charge is 0.272 e. The zero-order valence-corrected chi connectivity index (χ0v) is 13.0. The van der Waals surface area contributed by atoms with Crippen molar-refractivity contribution in [3.63, 3.8) is 0 Å². The Morgan fingerprint density at radius 2 is 2.00 bits per heavy atom. The molecule has 1 aromatic rings. The van der Waals surface area contributed by atoms with Crippen molar-refractivity contribution >= 4 is 15.9 Å². The van der Waals surface area contributed by atoms with Gasteiger partial charge >= 0.3 is 0 Å². The molecule has 0 aromatic carbocycles. The Labute approximate surface area is 120 Å². The fraction of sp³-hybridized carbons (Fsp3) is 0.750. The molecule has 19 heavy (non-hydrogen) atoms. The highest BCUT2D eigenvalue weighted by Crippen LogP contribution is 2.35. The van der Waals surface area contributed by atoms with E-state index in [1.807, 2.05) is 21.1 Å². The maximum absolute atomic E-state index is 13.3. The quantitative estimate of drug-likeness (QED) is 0.819. The number of halogens is 3. The van der Waals surface area contributed by atoms with Gasteiger partial charge in [-0.3, -0.25) is 9.58 Å². The van der Waals surface area contributed by atoms with Crippen molar-refractivity contribution in [1.82, 2.24) is 19.6 Å². The van der Waals surface area contributed by atoms with E-state index in [2.05, 4.69) is 30.8 Å². The summed E-state index contributed by atoms with van der Waals surface area (Å²) in [5.41, 5.74) is 1.45. The molecule has 0 aliphatic carbocycles. The van der Waals surface area contributed by atoms with Gasteiger partial charge in [0.15, 0.2) is 0 Å². The molecule has 0 atom stereocenters. The second-order valence-corrected chi connectivity index (χ2v) is 6.23. The minimum absolute atomic E-state index is 0.220. The van der Waals surface area contributed by atoms with Gasteiger partial charge in [0.1, 0.15) is 6.54 Å². The first-order valence-corrected chi connectivity index (χ1v) is 7.03. The van der Waals surface area contributed by atoms with Crippen LogP contribution in [0.2, 0.25) is 0 Å². The summed E-state index contributed by atoms with van der Waals surface area (Å²) < 4.78 is 28.7. The van der Waals surface area contributed by atoms with Gasteiger partial charge in [-0.25, -0.2) is 8.78 Å². The average molecular weight is 337 g/mol. The van der Waals surface area contributed by atoms with Crippen LogP contribution in [-0.2, 0) is 19.5 Å². The average Bonchev–Trinajstić information content (AvgIpc) is 2.72. The summed E-state index contributed by atoms with van der Waals surface area (Å²) in [5, 5.41) is 4.29. The molecule has 0 spiro atoms. The Bertz CT molecular complexity index is 459. The van der Waals surface area contributed by atoms with Crippen molar-refractivity contribution in [3.05, 3.63) is 15.9 Å². The van der Waals surface area contributed by atoms with E-state index in [0.717, 1.165) is 23.3 Å². The molecular formula is C12H19BrF2N4. The first-order chi connectivity index (χ1) is 8.78. The normalized spacial score (nSPS) is 17.5. The molecule has 2 rings (SSSR count). The number of hydrogen-bond donors (Lipinski definition) is 0. The van der Waals surface area contributed by atoms with E-state index in [9.17, 15) is 8.78 Å². The lowest BCUT2D eigenvalue weighted by Gasteiger charge is -2.18. The Morgan fingerprint density at radius 3 is 2.58 bits per heavy atom. The molecule has 1 aromatic heterocycles. The van der Waals surface area contributed by atoms with Crippen molar-refractivity contribution in [1.29, 1.82) is 0 Å². The van der Waals surface area contributed by atoms with Gasteiger partial charge in [0.05, 0.1) is 22.3 Å². The van der Waals surface area contributed by atoms with Crippen LogP contribution in [0.4, 0.5) is 8.78 Å². The maximum Gasteiger partial charge on any atom is 0.272 e. The summed E-state index contributed by atoms with van der Waals surface area (Å²) in [7, 11) is 6.06. The number of hydrogen-bond acceptors (Lipinski definition) is 3. The van der Waals surface area contributed by atoms with E-state index >= 15 is 0 Å². The van der Waals surface area contributed by atoms with Gasteiger partial charge in [0.25, 0.3) is 5.92 Å². The van der Waals surface area contributed by atoms with Crippen LogP contribution >= 0.6 is 15.9 Å². The first-order valence-electron chi connectivity index (χ1n) is 6.23. The third-order valence-corrected chi connectivity index (χ3v) is 4.13. The predicted octanol–water partition coefficient (Wildman–Crippen LogP) is 1.83. The maximum atomic E-state index is 13.3. The molecule has 0 radical (unpaired) electrons. The second kappa shape index (κ2) is 5.46. The third-order valence-electron chi connectivity index (χ3n) is 3.22. The summed E-state index contributed by atoms with van der Waals surface area (Å²) in [6, 6.07) is 0. The van der Waals surface area contributed by atoms with Gasteiger partial charge in [-0.15, -0.1) is 0 Å². The van der Waals surface area contributed by atoms with Gasteiger partial charge in [-0.05, 0) is 37.1 Å². The highest BCUT2D eigenvalue weighted by Gasteiger charge is 2.40. The molecule has 4 nitrogen and oxygen atoms in total. The Kier molecular flexibility index (Phi) is 4.27. The SMILES string of the molecule is CN(C)CCN(C)Cc1nn2c(c1Br)CC(F)(F)C2. The predicted molar refractivity (Wildman–Crippen MR) is 73.5 cm³/mol. The number of fused-ring (bicyclic) bond motifs is 1. The fourth-order valence-corrected chi connectivity index (χ4v) is 2.71. The molecule has 2 heterocycles. The van der Waals surface area contributed by atoms with Crippen LogP contribution in [0.3, 0.4) is 0 Å². The van der Waals surface area contributed by atoms with Gasteiger partial charge < -0.3 is 4.90 Å². The standard InChI is InChI=1S/C12H19BrF2N4/c1-17(2)4-5-18(3)7-9-11(13)10-6-12(14,15)8-19(10)16-9/h4-8H2,1-3H3. The van der Waals surface area contributed by atoms with Crippen LogP contribution in [0.5, 0.6) is 0 Å². The number of alkyl halides is 2. The van der Waals surface area contributed by atoms with Gasteiger partial charge in [0, 0.05) is 19.6 Å². The van der Waals surface area contributed by atoms with Gasteiger partial charge in [-0.1, -0.05) is 0 Å². The molecule has 7 heteroatoms. The molecule has 0 unspecified atom stereocenters. The van der Waals surface area contributed by atoms with Crippen LogP contribution in [-0.4, -0.2) is 59.7 Å². The minimum atomic E-state index is -2.65. The Balaban J connectivity index is 2.00. The summed E-state index contributed by atoms with van der Waals surface area (Å²) in [6.45, 7) is 2.24. The van der Waals surface area contributed by atoms with E-state index < -0.39 is 5.92 Å². The molecule has 0 amide bonds. The molecule has 1 aliphatic heterocycles. The fourth-order valence-electron chi connectivity index (χ4n) is 2.16. The lowest BCUT2D eigenvalue weighted by Crippen LogP contribution is -2.28. The Morgan fingerprint density at radius 1 is 1.32 bits per heavy atom. The monoisotopic (exact) mass is 336 g/mol. The zero-order valence-electron chi connectivity index (χ0n) is 11.5. The molecule has 0 N–H and O–H groups in total. The molecule has 0 saturated heterocycles. The number of likely N-dealkylation sites (N-methyl/N-ethyl adjacent to an activating group) is 2. The number of nitrogens with zero attached hydrogens (tertiary/aromatic N) is 4. The summed E-state index contributed by atoms with van der Waals surface area (Å²) in [6.07, 6.45) is -0.220. The van der Waals surface area contributed by atoms with Crippen LogP contribution in [0.1, 0.15) is 11.4 Å². The van der Waals surface area contributed by atoms with Crippen molar-refractivity contribution < 1.29 is 8.78 Å². The highest BCUT2D eigenvalue weighted by molar-refractivity contribution is 9.10. The minimum Gasteiger partial charge on any atom is -0.308 e. The van der Waals surface area contributed by atoms with Crippen LogP contribution in [0.15, 0.2) is 4.47 Å². The molecule has 108 valence electrons. The largest absolute Gasteiger partial charge is 0.308 e. The first kappa shape index (κ1) is 14.9. The molecule has 0 saturated carbocycles. The van der Waals surface area contributed by atoms with E-state index in [1.165, 1.54) is 4.68 Å². The lowest BCUT2D eigenvalue weighted by molar-refractivity contribution is 0.000739. The van der Waals surface area contributed by atoms with Crippen LogP contribution in [0.25, 0.3) is 0 Å². The van der Waals surface area contributed by atoms with Crippen molar-refractivity contribution in [2.45, 2.75) is 25.4 Å². The summed E-state index contributed by atoms with van der Waals surface area (Å²) in [4.78, 5) is 4.25. The van der Waals surface area contributed by atoms with E-state index in [0.29, 0.717) is 12.2 Å². The van der Waals surface area contributed by atoms with E-state index in [1.54, 1.807) is 0 Å². The van der Waals surface area contributed by atoms with Crippen LogP contribution < -0.4 is 0 Å². The van der Waals surface area contributed by atoms with Gasteiger partial charge in [0.2, 0.25) is 0 Å². The molecule has 1 aliphatic rings. The molecule has 0 fully saturated rings.